The second-order valence-electron chi connectivity index (χ2n) is 6.05. The largest absolute Gasteiger partial charge is 0.398 e. The highest BCUT2D eigenvalue weighted by Gasteiger charge is 2.20. The second kappa shape index (κ2) is 7.47. The maximum Gasteiger partial charge on any atom is 0.126 e. The van der Waals surface area contributed by atoms with Crippen LogP contribution in [0.4, 0.5) is 5.69 Å². The van der Waals surface area contributed by atoms with Crippen LogP contribution in [-0.4, -0.2) is 5.84 Å². The molecule has 0 atom stereocenters. The summed E-state index contributed by atoms with van der Waals surface area (Å²) >= 11 is 1.72. The van der Waals surface area contributed by atoms with E-state index in [1.165, 1.54) is 37.7 Å². The highest BCUT2D eigenvalue weighted by Crippen LogP contribution is 2.37. The molecule has 1 fully saturated rings. The van der Waals surface area contributed by atoms with E-state index in [9.17, 15) is 0 Å². The summed E-state index contributed by atoms with van der Waals surface area (Å²) in [7, 11) is 0. The molecule has 0 saturated heterocycles. The summed E-state index contributed by atoms with van der Waals surface area (Å²) in [4.78, 5) is 4.39. The first-order chi connectivity index (χ1) is 11.2. The van der Waals surface area contributed by atoms with E-state index in [1.54, 1.807) is 17.4 Å². The van der Waals surface area contributed by atoms with Crippen LogP contribution in [0.2, 0.25) is 0 Å². The van der Waals surface area contributed by atoms with Crippen LogP contribution in [0.15, 0.2) is 52.2 Å². The van der Waals surface area contributed by atoms with Crippen molar-refractivity contribution in [2.75, 3.05) is 0 Å². The summed E-state index contributed by atoms with van der Waals surface area (Å²) in [6, 6.07) is 9.70. The van der Waals surface area contributed by atoms with Crippen molar-refractivity contribution >= 4 is 28.6 Å². The summed E-state index contributed by atoms with van der Waals surface area (Å²) in [6.07, 6.45) is 8.32. The summed E-state index contributed by atoms with van der Waals surface area (Å²) < 4.78 is 0. The van der Waals surface area contributed by atoms with Gasteiger partial charge in [0.1, 0.15) is 5.84 Å². The van der Waals surface area contributed by atoms with Gasteiger partial charge < -0.3 is 11.5 Å². The van der Waals surface area contributed by atoms with E-state index in [4.69, 9.17) is 11.5 Å². The molecule has 0 unspecified atom stereocenters. The Hall–Kier alpha value is -2.07. The summed E-state index contributed by atoms with van der Waals surface area (Å²) in [6.45, 7) is 0. The lowest BCUT2D eigenvalue weighted by molar-refractivity contribution is 0.444. The number of nitrogens with zero attached hydrogens (tertiary/aromatic N) is 1. The van der Waals surface area contributed by atoms with Gasteiger partial charge in [-0.15, -0.1) is 0 Å². The first kappa shape index (κ1) is 15.8. The van der Waals surface area contributed by atoms with Crippen molar-refractivity contribution in [3.8, 4) is 0 Å². The zero-order valence-corrected chi connectivity index (χ0v) is 14.1. The van der Waals surface area contributed by atoms with Gasteiger partial charge >= 0.3 is 0 Å². The van der Waals surface area contributed by atoms with Crippen molar-refractivity contribution in [2.24, 2.45) is 16.5 Å². The fourth-order valence-corrected chi connectivity index (χ4v) is 4.13. The van der Waals surface area contributed by atoms with Crippen LogP contribution in [0.5, 0.6) is 0 Å². The van der Waals surface area contributed by atoms with Crippen molar-refractivity contribution in [3.05, 3.63) is 58.3 Å². The van der Waals surface area contributed by atoms with Crippen LogP contribution in [0.3, 0.4) is 0 Å². The number of nitrogens with two attached hydrogens (primary N) is 2. The van der Waals surface area contributed by atoms with E-state index in [0.29, 0.717) is 17.5 Å². The van der Waals surface area contributed by atoms with Gasteiger partial charge in [0.2, 0.25) is 0 Å². The molecule has 0 amide bonds. The fraction of sp³-hybridized carbons (Fsp3) is 0.316. The molecular weight excluding hydrogens is 302 g/mol. The van der Waals surface area contributed by atoms with Gasteiger partial charge in [-0.25, -0.2) is 4.99 Å². The van der Waals surface area contributed by atoms with Crippen molar-refractivity contribution in [2.45, 2.75) is 38.0 Å². The number of hydrogen-bond acceptors (Lipinski definition) is 3. The molecule has 4 N–H and O–H groups in total. The number of hydrogen-bond donors (Lipinski definition) is 2. The Morgan fingerprint density at radius 2 is 1.78 bits per heavy atom. The van der Waals surface area contributed by atoms with E-state index in [2.05, 4.69) is 15.8 Å². The third-order valence-electron chi connectivity index (χ3n) is 4.37. The number of thiophene rings is 1. The van der Waals surface area contributed by atoms with E-state index in [1.807, 2.05) is 30.3 Å². The Kier molecular flexibility index (Phi) is 5.13. The lowest BCUT2D eigenvalue weighted by Crippen LogP contribution is -2.12. The molecule has 4 heteroatoms. The van der Waals surface area contributed by atoms with E-state index in [0.717, 1.165) is 11.3 Å². The van der Waals surface area contributed by atoms with E-state index >= 15 is 0 Å². The Balaban J connectivity index is 1.81. The minimum absolute atomic E-state index is 0.439. The van der Waals surface area contributed by atoms with Gasteiger partial charge in [0.15, 0.2) is 0 Å². The molecule has 120 valence electrons. The number of amidine groups is 1. The Labute approximate surface area is 141 Å². The van der Waals surface area contributed by atoms with Gasteiger partial charge in [0, 0.05) is 22.7 Å². The van der Waals surface area contributed by atoms with Crippen molar-refractivity contribution in [1.82, 2.24) is 0 Å². The Morgan fingerprint density at radius 3 is 2.52 bits per heavy atom. The molecule has 0 spiro atoms. The quantitative estimate of drug-likeness (QED) is 0.627. The summed E-state index contributed by atoms with van der Waals surface area (Å²) in [5.74, 6) is 1.08. The van der Waals surface area contributed by atoms with Crippen LogP contribution < -0.4 is 11.5 Å². The minimum atomic E-state index is 0.439. The molecule has 1 aromatic carbocycles. The van der Waals surface area contributed by atoms with Crippen LogP contribution >= 0.6 is 11.3 Å². The number of aliphatic imine (C=N–C) groups is 1. The van der Waals surface area contributed by atoms with E-state index < -0.39 is 0 Å². The molecule has 0 aliphatic heterocycles. The van der Waals surface area contributed by atoms with Crippen molar-refractivity contribution in [3.63, 3.8) is 0 Å². The van der Waals surface area contributed by atoms with Crippen LogP contribution in [0.1, 0.15) is 49.1 Å². The minimum Gasteiger partial charge on any atom is -0.398 e. The number of rotatable bonds is 4. The third-order valence-corrected chi connectivity index (χ3v) is 5.13. The van der Waals surface area contributed by atoms with Crippen LogP contribution in [-0.2, 0) is 0 Å². The highest BCUT2D eigenvalue weighted by molar-refractivity contribution is 7.08. The van der Waals surface area contributed by atoms with Crippen LogP contribution in [0, 0.1) is 0 Å². The Bertz CT molecular complexity index is 694. The van der Waals surface area contributed by atoms with Gasteiger partial charge in [-0.3, -0.25) is 0 Å². The molecule has 23 heavy (non-hydrogen) atoms. The normalized spacial score (nSPS) is 17.4. The monoisotopic (exact) mass is 325 g/mol. The van der Waals surface area contributed by atoms with E-state index in [-0.39, 0.29) is 0 Å². The highest BCUT2D eigenvalue weighted by atomic mass is 32.1. The first-order valence-electron chi connectivity index (χ1n) is 8.17. The molecule has 1 aromatic heterocycles. The molecule has 1 heterocycles. The summed E-state index contributed by atoms with van der Waals surface area (Å²) in [5.41, 5.74) is 16.4. The zero-order chi connectivity index (χ0) is 16.1. The lowest BCUT2D eigenvalue weighted by atomic mass is 9.83. The first-order valence-corrected chi connectivity index (χ1v) is 9.11. The topological polar surface area (TPSA) is 64.4 Å². The van der Waals surface area contributed by atoms with Gasteiger partial charge in [-0.1, -0.05) is 37.5 Å². The van der Waals surface area contributed by atoms with Gasteiger partial charge in [-0.2, -0.15) is 11.3 Å². The molecule has 1 aliphatic carbocycles. The SMILES string of the molecule is NC(/C=C(\N)c1cscc1C1CCCCC1)=Nc1ccccc1. The standard InChI is InChI=1S/C19H23N3S/c20-18(11-19(21)22-15-9-5-2-6-10-15)17-13-23-12-16(17)14-7-3-1-4-8-14/h2,5-6,9-14H,1,3-4,7-8,20H2,(H2,21,22)/b18-11-. The van der Waals surface area contributed by atoms with Crippen molar-refractivity contribution < 1.29 is 0 Å². The second-order valence-corrected chi connectivity index (χ2v) is 6.79. The summed E-state index contributed by atoms with van der Waals surface area (Å²) in [5, 5.41) is 4.38. The molecule has 0 bridgehead atoms. The van der Waals surface area contributed by atoms with Gasteiger partial charge in [0.25, 0.3) is 0 Å². The predicted molar refractivity (Wildman–Crippen MR) is 100 cm³/mol. The fourth-order valence-electron chi connectivity index (χ4n) is 3.19. The molecule has 0 radical (unpaired) electrons. The molecule has 3 nitrogen and oxygen atoms in total. The molecule has 2 aromatic rings. The molecule has 1 saturated carbocycles. The smallest absolute Gasteiger partial charge is 0.126 e. The maximum absolute atomic E-state index is 6.31. The third kappa shape index (κ3) is 4.02. The predicted octanol–water partition coefficient (Wildman–Crippen LogP) is 4.78. The number of benzene rings is 1. The van der Waals surface area contributed by atoms with Gasteiger partial charge in [-0.05, 0) is 41.8 Å². The van der Waals surface area contributed by atoms with Crippen LogP contribution in [0.25, 0.3) is 5.70 Å². The average molecular weight is 325 g/mol. The number of para-hydroxylation sites is 1. The Morgan fingerprint density at radius 1 is 1.04 bits per heavy atom. The molecule has 3 rings (SSSR count). The molecule has 1 aliphatic rings. The average Bonchev–Trinajstić information content (AvgIpc) is 3.06. The zero-order valence-electron chi connectivity index (χ0n) is 13.2. The maximum atomic E-state index is 6.31. The van der Waals surface area contributed by atoms with Gasteiger partial charge in [0.05, 0.1) is 5.69 Å². The lowest BCUT2D eigenvalue weighted by Gasteiger charge is -2.22. The van der Waals surface area contributed by atoms with Crippen molar-refractivity contribution in [1.29, 1.82) is 0 Å². The molecular formula is C19H23N3S.